The van der Waals surface area contributed by atoms with Gasteiger partial charge >= 0.3 is 0 Å². The fourth-order valence-corrected chi connectivity index (χ4v) is 4.18. The molecule has 1 saturated heterocycles. The van der Waals surface area contributed by atoms with Gasteiger partial charge in [-0.3, -0.25) is 9.59 Å². The number of fused-ring (bicyclic) bond motifs is 1. The summed E-state index contributed by atoms with van der Waals surface area (Å²) in [5.74, 6) is 0.860. The van der Waals surface area contributed by atoms with Crippen LogP contribution in [0.3, 0.4) is 0 Å². The predicted molar refractivity (Wildman–Crippen MR) is 127 cm³/mol. The number of methoxy groups -OCH3 is 2. The number of nitrogens with zero attached hydrogens (tertiary/aromatic N) is 2. The standard InChI is InChI=1S/C25H29N3O5/c1-5-6-7-28-15-20(18-12-16(2)26-23(18)25(28)30)17-13-22(32-4)19(14-21(17)31-3)24(29)27-8-10-33-11-9-27/h5-6,12-15,26H,7-11H2,1-4H3/b6-5+. The number of hydrogen-bond acceptors (Lipinski definition) is 5. The monoisotopic (exact) mass is 451 g/mol. The Bertz CT molecular complexity index is 1270. The van der Waals surface area contributed by atoms with Crippen LogP contribution in [0.2, 0.25) is 0 Å². The minimum atomic E-state index is -0.124. The van der Waals surface area contributed by atoms with Gasteiger partial charge in [0.05, 0.1) is 33.0 Å². The van der Waals surface area contributed by atoms with Crippen molar-refractivity contribution < 1.29 is 19.0 Å². The molecule has 0 bridgehead atoms. The van der Waals surface area contributed by atoms with Gasteiger partial charge in [0.1, 0.15) is 17.0 Å². The maximum absolute atomic E-state index is 13.2. The van der Waals surface area contributed by atoms with Crippen LogP contribution in [0.4, 0.5) is 0 Å². The van der Waals surface area contributed by atoms with Gasteiger partial charge in [0.25, 0.3) is 11.5 Å². The molecule has 3 heterocycles. The number of hydrogen-bond donors (Lipinski definition) is 1. The zero-order chi connectivity index (χ0) is 23.5. The summed E-state index contributed by atoms with van der Waals surface area (Å²) in [7, 11) is 3.12. The van der Waals surface area contributed by atoms with Crippen molar-refractivity contribution in [1.29, 1.82) is 0 Å². The Morgan fingerprint density at radius 2 is 1.85 bits per heavy atom. The third-order valence-electron chi connectivity index (χ3n) is 5.88. The molecule has 0 radical (unpaired) electrons. The first kappa shape index (κ1) is 22.7. The maximum Gasteiger partial charge on any atom is 0.275 e. The fraction of sp³-hybridized carbons (Fsp3) is 0.360. The van der Waals surface area contributed by atoms with Crippen LogP contribution < -0.4 is 15.0 Å². The number of allylic oxidation sites excluding steroid dienone is 2. The van der Waals surface area contributed by atoms with Gasteiger partial charge in [0.15, 0.2) is 0 Å². The van der Waals surface area contributed by atoms with Crippen LogP contribution in [0.5, 0.6) is 11.5 Å². The number of amides is 1. The average molecular weight is 452 g/mol. The van der Waals surface area contributed by atoms with Gasteiger partial charge in [-0.1, -0.05) is 12.2 Å². The summed E-state index contributed by atoms with van der Waals surface area (Å²) in [5.41, 5.74) is 3.32. The Hall–Kier alpha value is -3.52. The van der Waals surface area contributed by atoms with E-state index in [2.05, 4.69) is 4.98 Å². The molecule has 174 valence electrons. The molecule has 1 N–H and O–H groups in total. The summed E-state index contributed by atoms with van der Waals surface area (Å²) >= 11 is 0. The summed E-state index contributed by atoms with van der Waals surface area (Å²) in [6.45, 7) is 6.38. The van der Waals surface area contributed by atoms with Gasteiger partial charge in [-0.25, -0.2) is 0 Å². The SMILES string of the molecule is C/C=C/Cn1cc(-c2cc(OC)c(C(=O)N3CCOCC3)cc2OC)c2cc(C)[nH]c2c1=O. The van der Waals surface area contributed by atoms with Crippen molar-refractivity contribution in [3.63, 3.8) is 0 Å². The van der Waals surface area contributed by atoms with Crippen LogP contribution >= 0.6 is 0 Å². The Morgan fingerprint density at radius 1 is 1.12 bits per heavy atom. The van der Waals surface area contributed by atoms with Gasteiger partial charge in [-0.2, -0.15) is 0 Å². The first-order valence-electron chi connectivity index (χ1n) is 11.0. The van der Waals surface area contributed by atoms with Crippen LogP contribution in [0.15, 0.2) is 41.3 Å². The van der Waals surface area contributed by atoms with E-state index in [1.807, 2.05) is 44.3 Å². The topological polar surface area (TPSA) is 85.8 Å². The molecule has 8 heteroatoms. The number of pyridine rings is 1. The molecular formula is C25H29N3O5. The van der Waals surface area contributed by atoms with E-state index >= 15 is 0 Å². The number of aryl methyl sites for hydroxylation is 1. The van der Waals surface area contributed by atoms with Gasteiger partial charge in [0.2, 0.25) is 0 Å². The zero-order valence-electron chi connectivity index (χ0n) is 19.4. The highest BCUT2D eigenvalue weighted by Gasteiger charge is 2.25. The van der Waals surface area contributed by atoms with Gasteiger partial charge in [-0.15, -0.1) is 0 Å². The highest BCUT2D eigenvalue weighted by atomic mass is 16.5. The number of carbonyl (C=O) groups excluding carboxylic acids is 1. The third kappa shape index (κ3) is 4.26. The fourth-order valence-electron chi connectivity index (χ4n) is 4.18. The number of aromatic amines is 1. The highest BCUT2D eigenvalue weighted by molar-refractivity contribution is 6.01. The molecule has 4 rings (SSSR count). The lowest BCUT2D eigenvalue weighted by atomic mass is 9.99. The number of carbonyl (C=O) groups is 1. The van der Waals surface area contributed by atoms with Crippen LogP contribution in [0.1, 0.15) is 23.0 Å². The molecule has 0 atom stereocenters. The molecule has 1 aromatic carbocycles. The number of H-pyrrole nitrogens is 1. The van der Waals surface area contributed by atoms with Crippen LogP contribution in [0, 0.1) is 6.92 Å². The van der Waals surface area contributed by atoms with Crippen molar-refractivity contribution in [2.24, 2.45) is 0 Å². The molecule has 1 amide bonds. The smallest absolute Gasteiger partial charge is 0.275 e. The Balaban J connectivity index is 1.91. The number of benzene rings is 1. The van der Waals surface area contributed by atoms with Crippen molar-refractivity contribution in [2.75, 3.05) is 40.5 Å². The molecule has 33 heavy (non-hydrogen) atoms. The maximum atomic E-state index is 13.2. The van der Waals surface area contributed by atoms with Gasteiger partial charge < -0.3 is 28.7 Å². The summed E-state index contributed by atoms with van der Waals surface area (Å²) in [5, 5.41) is 0.793. The second-order valence-corrected chi connectivity index (χ2v) is 7.97. The summed E-state index contributed by atoms with van der Waals surface area (Å²) in [6, 6.07) is 5.48. The normalized spacial score (nSPS) is 14.2. The quantitative estimate of drug-likeness (QED) is 0.581. The van der Waals surface area contributed by atoms with Crippen molar-refractivity contribution in [3.05, 3.63) is 58.2 Å². The third-order valence-corrected chi connectivity index (χ3v) is 5.88. The van der Waals surface area contributed by atoms with Gasteiger partial charge in [-0.05, 0) is 32.0 Å². The second-order valence-electron chi connectivity index (χ2n) is 7.97. The van der Waals surface area contributed by atoms with E-state index in [4.69, 9.17) is 14.2 Å². The van der Waals surface area contributed by atoms with E-state index in [0.29, 0.717) is 55.4 Å². The molecule has 1 aliphatic heterocycles. The van der Waals surface area contributed by atoms with E-state index < -0.39 is 0 Å². The highest BCUT2D eigenvalue weighted by Crippen LogP contribution is 2.39. The van der Waals surface area contributed by atoms with Crippen LogP contribution in [-0.4, -0.2) is 60.9 Å². The van der Waals surface area contributed by atoms with Crippen molar-refractivity contribution >= 4 is 16.8 Å². The minimum Gasteiger partial charge on any atom is -0.496 e. The van der Waals surface area contributed by atoms with Crippen molar-refractivity contribution in [1.82, 2.24) is 14.5 Å². The molecule has 0 spiro atoms. The van der Waals surface area contributed by atoms with E-state index in [1.54, 1.807) is 29.8 Å². The van der Waals surface area contributed by atoms with E-state index in [0.717, 1.165) is 22.2 Å². The number of ether oxygens (including phenoxy) is 3. The molecule has 8 nitrogen and oxygen atoms in total. The number of aromatic nitrogens is 2. The number of nitrogens with one attached hydrogen (secondary N) is 1. The summed E-state index contributed by atoms with van der Waals surface area (Å²) in [6.07, 6.45) is 5.67. The van der Waals surface area contributed by atoms with E-state index in [9.17, 15) is 9.59 Å². The predicted octanol–water partition coefficient (Wildman–Crippen LogP) is 3.37. The Labute approximate surface area is 192 Å². The molecule has 3 aromatic rings. The zero-order valence-corrected chi connectivity index (χ0v) is 19.4. The van der Waals surface area contributed by atoms with Crippen molar-refractivity contribution in [3.8, 4) is 22.6 Å². The first-order valence-corrected chi connectivity index (χ1v) is 11.0. The van der Waals surface area contributed by atoms with Gasteiger partial charge in [0, 0.05) is 48.0 Å². The second kappa shape index (κ2) is 9.54. The molecule has 1 fully saturated rings. The van der Waals surface area contributed by atoms with Crippen LogP contribution in [0.25, 0.3) is 22.0 Å². The molecule has 0 saturated carbocycles. The Kier molecular flexibility index (Phi) is 6.55. The lowest BCUT2D eigenvalue weighted by molar-refractivity contribution is 0.0300. The Morgan fingerprint density at radius 3 is 2.52 bits per heavy atom. The lowest BCUT2D eigenvalue weighted by Gasteiger charge is -2.27. The number of rotatable bonds is 6. The largest absolute Gasteiger partial charge is 0.496 e. The molecule has 0 aliphatic carbocycles. The number of morpholine rings is 1. The summed E-state index contributed by atoms with van der Waals surface area (Å²) < 4.78 is 18.4. The van der Waals surface area contributed by atoms with E-state index in [1.165, 1.54) is 0 Å². The molecule has 0 unspecified atom stereocenters. The van der Waals surface area contributed by atoms with Crippen LogP contribution in [-0.2, 0) is 11.3 Å². The molecule has 1 aliphatic rings. The van der Waals surface area contributed by atoms with Crippen molar-refractivity contribution in [2.45, 2.75) is 20.4 Å². The molecule has 2 aromatic heterocycles. The lowest BCUT2D eigenvalue weighted by Crippen LogP contribution is -2.40. The van der Waals surface area contributed by atoms with E-state index in [-0.39, 0.29) is 11.5 Å². The molecular weight excluding hydrogens is 422 g/mol. The first-order chi connectivity index (χ1) is 16.0. The minimum absolute atomic E-state index is 0.0926. The average Bonchev–Trinajstić information content (AvgIpc) is 3.25. The summed E-state index contributed by atoms with van der Waals surface area (Å²) in [4.78, 5) is 31.2.